The quantitative estimate of drug-likeness (QED) is 0.587. The first-order valence-electron chi connectivity index (χ1n) is 8.84. The summed E-state index contributed by atoms with van der Waals surface area (Å²) in [5, 5.41) is 6.31. The van der Waals surface area contributed by atoms with Crippen molar-refractivity contribution in [1.82, 2.24) is 10.5 Å². The van der Waals surface area contributed by atoms with Crippen molar-refractivity contribution in [3.63, 3.8) is 0 Å². The van der Waals surface area contributed by atoms with E-state index in [1.165, 1.54) is 12.1 Å². The fraction of sp³-hybridized carbons (Fsp3) is 0.190. The number of benzene rings is 2. The first kappa shape index (κ1) is 20.1. The topological polar surface area (TPSA) is 90.7 Å². The first-order chi connectivity index (χ1) is 14.0. The fourth-order valence-corrected chi connectivity index (χ4v) is 2.46. The van der Waals surface area contributed by atoms with Crippen molar-refractivity contribution in [2.45, 2.75) is 13.5 Å². The van der Waals surface area contributed by atoms with Crippen molar-refractivity contribution in [3.05, 3.63) is 71.7 Å². The molecule has 1 heterocycles. The van der Waals surface area contributed by atoms with Crippen LogP contribution in [0.3, 0.4) is 0 Å². The lowest BCUT2D eigenvalue weighted by Crippen LogP contribution is -2.34. The number of nitrogens with zero attached hydrogens (tertiary/aromatic N) is 1. The van der Waals surface area contributed by atoms with E-state index in [2.05, 4.69) is 10.5 Å². The number of esters is 1. The molecule has 0 fully saturated rings. The third kappa shape index (κ3) is 5.65. The predicted octanol–water partition coefficient (Wildman–Crippen LogP) is 3.03. The maximum absolute atomic E-state index is 13.0. The number of nitrogens with one attached hydrogen (secondary N) is 1. The van der Waals surface area contributed by atoms with Gasteiger partial charge in [-0.15, -0.1) is 0 Å². The van der Waals surface area contributed by atoms with Gasteiger partial charge in [0.15, 0.2) is 12.4 Å². The standard InChI is InChI=1S/C21H19FN2O5/c1-14-18(24-29-21(14)15-7-9-16(22)10-8-15)12-28-20(26)11-23-19(25)13-27-17-5-3-2-4-6-17/h2-10H,11-13H2,1H3,(H,23,25). The number of para-hydroxylation sites is 1. The van der Waals surface area contributed by atoms with E-state index in [1.54, 1.807) is 43.3 Å². The lowest BCUT2D eigenvalue weighted by molar-refractivity contribution is -0.145. The molecule has 29 heavy (non-hydrogen) atoms. The van der Waals surface area contributed by atoms with E-state index in [0.29, 0.717) is 28.3 Å². The molecule has 0 radical (unpaired) electrons. The highest BCUT2D eigenvalue weighted by molar-refractivity contribution is 5.82. The fourth-order valence-electron chi connectivity index (χ4n) is 2.46. The number of carbonyl (C=O) groups is 2. The van der Waals surface area contributed by atoms with E-state index in [0.717, 1.165) is 0 Å². The summed E-state index contributed by atoms with van der Waals surface area (Å²) in [5.41, 5.74) is 1.79. The molecule has 3 aromatic rings. The average molecular weight is 398 g/mol. The van der Waals surface area contributed by atoms with Crippen LogP contribution >= 0.6 is 0 Å². The summed E-state index contributed by atoms with van der Waals surface area (Å²) in [6, 6.07) is 14.7. The molecule has 0 aliphatic carbocycles. The summed E-state index contributed by atoms with van der Waals surface area (Å²) in [4.78, 5) is 23.6. The van der Waals surface area contributed by atoms with E-state index >= 15 is 0 Å². The number of aromatic nitrogens is 1. The zero-order valence-electron chi connectivity index (χ0n) is 15.7. The van der Waals surface area contributed by atoms with Gasteiger partial charge in [0.05, 0.1) is 0 Å². The van der Waals surface area contributed by atoms with Crippen LogP contribution in [0.15, 0.2) is 59.1 Å². The van der Waals surface area contributed by atoms with Crippen LogP contribution < -0.4 is 10.1 Å². The van der Waals surface area contributed by atoms with Gasteiger partial charge in [-0.3, -0.25) is 9.59 Å². The molecule has 0 atom stereocenters. The molecule has 0 aliphatic heterocycles. The van der Waals surface area contributed by atoms with E-state index in [9.17, 15) is 14.0 Å². The van der Waals surface area contributed by atoms with Crippen LogP contribution in [-0.4, -0.2) is 30.2 Å². The maximum Gasteiger partial charge on any atom is 0.325 e. The monoisotopic (exact) mass is 398 g/mol. The van der Waals surface area contributed by atoms with Crippen molar-refractivity contribution in [2.24, 2.45) is 0 Å². The molecule has 1 aromatic heterocycles. The minimum absolute atomic E-state index is 0.105. The Hall–Kier alpha value is -3.68. The smallest absolute Gasteiger partial charge is 0.325 e. The summed E-state index contributed by atoms with van der Waals surface area (Å²) < 4.78 is 28.7. The number of ether oxygens (including phenoxy) is 2. The van der Waals surface area contributed by atoms with E-state index in [1.807, 2.05) is 6.07 Å². The van der Waals surface area contributed by atoms with E-state index < -0.39 is 11.9 Å². The predicted molar refractivity (Wildman–Crippen MR) is 101 cm³/mol. The van der Waals surface area contributed by atoms with Crippen LogP contribution in [-0.2, 0) is 20.9 Å². The van der Waals surface area contributed by atoms with Crippen LogP contribution in [0.1, 0.15) is 11.3 Å². The van der Waals surface area contributed by atoms with Gasteiger partial charge in [0, 0.05) is 11.1 Å². The highest BCUT2D eigenvalue weighted by atomic mass is 19.1. The molecule has 0 unspecified atom stereocenters. The van der Waals surface area contributed by atoms with Crippen LogP contribution in [0.5, 0.6) is 5.75 Å². The van der Waals surface area contributed by atoms with Crippen LogP contribution in [0.25, 0.3) is 11.3 Å². The van der Waals surface area contributed by atoms with Gasteiger partial charge in [0.1, 0.15) is 30.4 Å². The summed E-state index contributed by atoms with van der Waals surface area (Å²) in [7, 11) is 0. The Morgan fingerprint density at radius 2 is 1.83 bits per heavy atom. The molecular formula is C21H19FN2O5. The maximum atomic E-state index is 13.0. The molecule has 3 rings (SSSR count). The van der Waals surface area contributed by atoms with Crippen LogP contribution in [0.4, 0.5) is 4.39 Å². The Morgan fingerprint density at radius 3 is 2.55 bits per heavy atom. The van der Waals surface area contributed by atoms with Crippen molar-refractivity contribution < 1.29 is 28.0 Å². The third-order valence-corrected chi connectivity index (χ3v) is 4.04. The molecule has 2 aromatic carbocycles. The molecule has 0 spiro atoms. The molecule has 7 nitrogen and oxygen atoms in total. The number of hydrogen-bond acceptors (Lipinski definition) is 6. The number of hydrogen-bond donors (Lipinski definition) is 1. The zero-order valence-corrected chi connectivity index (χ0v) is 15.7. The molecule has 1 amide bonds. The highest BCUT2D eigenvalue weighted by Crippen LogP contribution is 2.26. The van der Waals surface area contributed by atoms with Gasteiger partial charge in [-0.2, -0.15) is 0 Å². The van der Waals surface area contributed by atoms with Crippen molar-refractivity contribution in [3.8, 4) is 17.1 Å². The normalized spacial score (nSPS) is 10.4. The van der Waals surface area contributed by atoms with Crippen molar-refractivity contribution >= 4 is 11.9 Å². The van der Waals surface area contributed by atoms with Gasteiger partial charge in [0.25, 0.3) is 5.91 Å². The molecule has 0 bridgehead atoms. The number of amides is 1. The molecule has 0 aliphatic rings. The number of rotatable bonds is 8. The second kappa shape index (κ2) is 9.50. The van der Waals surface area contributed by atoms with Crippen molar-refractivity contribution in [2.75, 3.05) is 13.2 Å². The Bertz CT molecular complexity index is 970. The third-order valence-electron chi connectivity index (χ3n) is 4.04. The largest absolute Gasteiger partial charge is 0.484 e. The van der Waals surface area contributed by atoms with Crippen LogP contribution in [0.2, 0.25) is 0 Å². The summed E-state index contributed by atoms with van der Waals surface area (Å²) in [6.07, 6.45) is 0. The molecule has 0 saturated heterocycles. The van der Waals surface area contributed by atoms with Gasteiger partial charge >= 0.3 is 5.97 Å². The minimum atomic E-state index is -0.621. The molecule has 8 heteroatoms. The van der Waals surface area contributed by atoms with E-state index in [-0.39, 0.29) is 25.6 Å². The second-order valence-corrected chi connectivity index (χ2v) is 6.13. The lowest BCUT2D eigenvalue weighted by Gasteiger charge is -2.07. The van der Waals surface area contributed by atoms with Crippen LogP contribution in [0, 0.1) is 12.7 Å². The highest BCUT2D eigenvalue weighted by Gasteiger charge is 2.16. The Morgan fingerprint density at radius 1 is 1.10 bits per heavy atom. The molecule has 1 N–H and O–H groups in total. The van der Waals surface area contributed by atoms with E-state index in [4.69, 9.17) is 14.0 Å². The van der Waals surface area contributed by atoms with Gasteiger partial charge in [-0.1, -0.05) is 23.4 Å². The van der Waals surface area contributed by atoms with Gasteiger partial charge in [0.2, 0.25) is 0 Å². The van der Waals surface area contributed by atoms with Crippen molar-refractivity contribution in [1.29, 1.82) is 0 Å². The molecular weight excluding hydrogens is 379 g/mol. The SMILES string of the molecule is Cc1c(COC(=O)CNC(=O)COc2ccccc2)noc1-c1ccc(F)cc1. The Kier molecular flexibility index (Phi) is 6.57. The summed E-state index contributed by atoms with van der Waals surface area (Å²) in [6.45, 7) is 1.16. The minimum Gasteiger partial charge on any atom is -0.484 e. The van der Waals surface area contributed by atoms with Gasteiger partial charge in [-0.05, 0) is 43.3 Å². The average Bonchev–Trinajstić information content (AvgIpc) is 3.11. The lowest BCUT2D eigenvalue weighted by atomic mass is 10.1. The number of halogens is 1. The molecule has 150 valence electrons. The van der Waals surface area contributed by atoms with Gasteiger partial charge in [-0.25, -0.2) is 4.39 Å². The van der Waals surface area contributed by atoms with Gasteiger partial charge < -0.3 is 19.3 Å². The molecule has 0 saturated carbocycles. The summed E-state index contributed by atoms with van der Waals surface area (Å²) >= 11 is 0. The Labute approximate surface area is 166 Å². The number of carbonyl (C=O) groups excluding carboxylic acids is 2. The zero-order chi connectivity index (χ0) is 20.6. The Balaban J connectivity index is 1.43. The second-order valence-electron chi connectivity index (χ2n) is 6.13. The first-order valence-corrected chi connectivity index (χ1v) is 8.84. The summed E-state index contributed by atoms with van der Waals surface area (Å²) in [5.74, 6) is -0.381.